The number of para-hydroxylation sites is 4. The van der Waals surface area contributed by atoms with E-state index in [1.54, 1.807) is 122 Å². The van der Waals surface area contributed by atoms with E-state index in [1.165, 1.54) is 45.4 Å². The maximum atomic E-state index is 13.0. The number of rotatable bonds is 6. The van der Waals surface area contributed by atoms with Crippen LogP contribution in [0, 0.1) is 13.8 Å². The van der Waals surface area contributed by atoms with Crippen molar-refractivity contribution in [1.82, 2.24) is 18.7 Å². The van der Waals surface area contributed by atoms with E-state index in [1.807, 2.05) is 12.1 Å². The van der Waals surface area contributed by atoms with E-state index in [4.69, 9.17) is 0 Å². The van der Waals surface area contributed by atoms with Crippen molar-refractivity contribution in [3.05, 3.63) is 141 Å². The number of nitrogens with one attached hydrogen (secondary N) is 2. The third-order valence-electron chi connectivity index (χ3n) is 10.2. The average molecular weight is 910 g/mol. The molecule has 0 unspecified atom stereocenters. The van der Waals surface area contributed by atoms with Crippen molar-refractivity contribution in [2.75, 3.05) is 34.7 Å². The van der Waals surface area contributed by atoms with Crippen molar-refractivity contribution in [1.29, 1.82) is 0 Å². The van der Waals surface area contributed by atoms with Gasteiger partial charge in [-0.25, -0.2) is 26.2 Å². The zero-order valence-electron chi connectivity index (χ0n) is 33.4. The fourth-order valence-corrected chi connectivity index (χ4v) is 9.65. The Kier molecular flexibility index (Phi) is 12.0. The molecule has 21 heteroatoms. The number of hydrogen-bond donors (Lipinski definition) is 2. The molecule has 0 fully saturated rings. The maximum Gasteiger partial charge on any atom is 0.296 e. The van der Waals surface area contributed by atoms with E-state index in [2.05, 4.69) is 21.1 Å². The molecule has 0 atom stereocenters. The zero-order valence-corrected chi connectivity index (χ0v) is 36.1. The summed E-state index contributed by atoms with van der Waals surface area (Å²) in [4.78, 5) is 53.7. The van der Waals surface area contributed by atoms with Gasteiger partial charge in [-0.3, -0.25) is 39.4 Å². The molecule has 2 aromatic heterocycles. The molecule has 1 radical (unpaired) electrons. The van der Waals surface area contributed by atoms with Crippen molar-refractivity contribution in [3.63, 3.8) is 0 Å². The summed E-state index contributed by atoms with van der Waals surface area (Å²) in [6.45, 7) is 3.39. The quantitative estimate of drug-likeness (QED) is 0.233. The van der Waals surface area contributed by atoms with Crippen LogP contribution in [0.2, 0.25) is 0 Å². The number of nitrogens with zero attached hydrogens (tertiary/aromatic N) is 8. The Labute approximate surface area is 360 Å². The van der Waals surface area contributed by atoms with Crippen LogP contribution in [0.4, 0.5) is 22.7 Å². The maximum absolute atomic E-state index is 13.0. The minimum Gasteiger partial charge on any atom is -0.308 e. The summed E-state index contributed by atoms with van der Waals surface area (Å²) in [7, 11) is -1.92. The number of hydrazone groups is 2. The van der Waals surface area contributed by atoms with Gasteiger partial charge in [0.25, 0.3) is 22.9 Å². The van der Waals surface area contributed by atoms with Crippen LogP contribution in [0.25, 0.3) is 11.4 Å². The molecule has 317 valence electrons. The van der Waals surface area contributed by atoms with E-state index < -0.39 is 52.7 Å². The Hall–Kier alpha value is -6.81. The fraction of sp³-hybridized carbons (Fsp3) is 0.150. The largest absolute Gasteiger partial charge is 0.308 e. The van der Waals surface area contributed by atoms with Gasteiger partial charge in [0.2, 0.25) is 29.8 Å². The summed E-state index contributed by atoms with van der Waals surface area (Å²) >= 11 is 0. The second-order valence-corrected chi connectivity index (χ2v) is 17.3. The molecule has 0 spiro atoms. The number of anilines is 4. The predicted molar refractivity (Wildman–Crippen MR) is 228 cm³/mol. The predicted octanol–water partition coefficient (Wildman–Crippen LogP) is 3.32. The van der Waals surface area contributed by atoms with Gasteiger partial charge >= 0.3 is 0 Å². The van der Waals surface area contributed by atoms with Gasteiger partial charge in [-0.15, -0.1) is 0 Å². The Bertz CT molecular complexity index is 2930. The number of amides is 2. The third kappa shape index (κ3) is 7.40. The van der Waals surface area contributed by atoms with Gasteiger partial charge in [0.1, 0.15) is 11.4 Å². The van der Waals surface area contributed by atoms with Crippen LogP contribution in [0.3, 0.4) is 0 Å². The van der Waals surface area contributed by atoms with Gasteiger partial charge in [0, 0.05) is 45.0 Å². The Morgan fingerprint density at radius 1 is 0.475 bits per heavy atom. The van der Waals surface area contributed by atoms with E-state index in [9.17, 15) is 36.0 Å². The number of hydrogen-bond acceptors (Lipinski definition) is 12. The number of aromatic nitrogens is 4. The topological polar surface area (TPSA) is 212 Å². The third-order valence-corrected chi connectivity index (χ3v) is 13.6. The molecular formula is C40H38CoN10O8S2. The molecule has 18 nitrogen and oxygen atoms in total. The number of carbonyl (C=O) groups is 2. The Balaban J connectivity index is 0.000000201. The van der Waals surface area contributed by atoms with Gasteiger partial charge in [-0.05, 0) is 62.4 Å². The van der Waals surface area contributed by atoms with Crippen molar-refractivity contribution >= 4 is 64.3 Å². The number of benzene rings is 4. The molecule has 6 aromatic rings. The molecule has 2 N–H and O–H groups in total. The van der Waals surface area contributed by atoms with Crippen LogP contribution >= 0.6 is 0 Å². The molecule has 4 aromatic carbocycles. The van der Waals surface area contributed by atoms with E-state index in [-0.39, 0.29) is 49.3 Å². The first-order valence-corrected chi connectivity index (χ1v) is 21.1. The second-order valence-electron chi connectivity index (χ2n) is 13.6. The van der Waals surface area contributed by atoms with Gasteiger partial charge < -0.3 is 9.80 Å². The SMILES string of the molecule is Cc1c(NN=C2C(=O)N(C)c3ccccc3S2(=O)=O)c(=O)n(-c2ccccc2)n1C.Cc1c(NN=C2C(=O)N(C)c3ccccc3S2(=O)=O)c(=O)n(-c2ccccc2)n1C.[Co]. The van der Waals surface area contributed by atoms with Crippen molar-refractivity contribution in [3.8, 4) is 11.4 Å². The summed E-state index contributed by atoms with van der Waals surface area (Å²) in [5.41, 5.74) is 7.29. The van der Waals surface area contributed by atoms with Crippen LogP contribution in [-0.2, 0) is 60.1 Å². The van der Waals surface area contributed by atoms with Gasteiger partial charge in [-0.2, -0.15) is 10.2 Å². The smallest absolute Gasteiger partial charge is 0.296 e. The fourth-order valence-electron chi connectivity index (χ4n) is 6.69. The van der Waals surface area contributed by atoms with Crippen molar-refractivity contribution in [2.24, 2.45) is 24.3 Å². The first-order chi connectivity index (χ1) is 28.5. The number of fused-ring (bicyclic) bond motifs is 2. The summed E-state index contributed by atoms with van der Waals surface area (Å²) in [6.07, 6.45) is 0. The van der Waals surface area contributed by atoms with Crippen LogP contribution in [0.15, 0.2) is 139 Å². The van der Waals surface area contributed by atoms with Gasteiger partial charge in [0.05, 0.1) is 43.9 Å². The molecule has 2 aliphatic rings. The number of carbonyl (C=O) groups excluding carboxylic acids is 2. The van der Waals surface area contributed by atoms with Gasteiger partial charge in [0.15, 0.2) is 0 Å². The first-order valence-electron chi connectivity index (χ1n) is 18.1. The molecule has 8 rings (SSSR count). The molecule has 61 heavy (non-hydrogen) atoms. The van der Waals surface area contributed by atoms with Crippen LogP contribution in [0.1, 0.15) is 11.4 Å². The van der Waals surface area contributed by atoms with Crippen molar-refractivity contribution in [2.45, 2.75) is 23.6 Å². The monoisotopic (exact) mass is 909 g/mol. The molecule has 2 aliphatic heterocycles. The Morgan fingerprint density at radius 2 is 0.787 bits per heavy atom. The molecule has 2 amide bonds. The molecular weight excluding hydrogens is 872 g/mol. The minimum absolute atomic E-state index is 0. The van der Waals surface area contributed by atoms with Crippen LogP contribution in [-0.4, -0.2) is 71.6 Å². The van der Waals surface area contributed by atoms with Crippen LogP contribution in [0.5, 0.6) is 0 Å². The second kappa shape index (κ2) is 16.7. The number of sulfone groups is 2. The normalized spacial score (nSPS) is 16.3. The molecule has 0 saturated heterocycles. The molecule has 0 bridgehead atoms. The van der Waals surface area contributed by atoms with E-state index in [0.29, 0.717) is 22.8 Å². The van der Waals surface area contributed by atoms with Crippen LogP contribution < -0.4 is 31.8 Å². The van der Waals surface area contributed by atoms with E-state index >= 15 is 0 Å². The minimum atomic E-state index is -4.14. The first kappa shape index (κ1) is 43.8. The average Bonchev–Trinajstić information content (AvgIpc) is 3.59. The molecule has 4 heterocycles. The standard InChI is InChI=1S/2C20H19N5O4S.Co/c2*1-13-17(19(26)25(24(13)3)14-9-5-4-6-10-14)21-22-18-20(27)23(2)15-11-7-8-12-16(15)30(18,28)29;/h2*4-12,21H,1-3H3;. The van der Waals surface area contributed by atoms with Gasteiger partial charge in [-0.1, -0.05) is 60.7 Å². The Morgan fingerprint density at radius 3 is 1.13 bits per heavy atom. The molecule has 0 aliphatic carbocycles. The molecule has 0 saturated carbocycles. The summed E-state index contributed by atoms with van der Waals surface area (Å²) in [5, 5.41) is 6.40. The zero-order chi connectivity index (χ0) is 43.3. The summed E-state index contributed by atoms with van der Waals surface area (Å²) in [5.74, 6) is -1.56. The van der Waals surface area contributed by atoms with Crippen molar-refractivity contribution < 1.29 is 43.2 Å². The van der Waals surface area contributed by atoms with E-state index in [0.717, 1.165) is 0 Å². The summed E-state index contributed by atoms with van der Waals surface area (Å²) in [6, 6.07) is 30.4. The summed E-state index contributed by atoms with van der Waals surface area (Å²) < 4.78 is 57.9.